The molecule has 0 fully saturated rings. The fourth-order valence-corrected chi connectivity index (χ4v) is 5.57. The molecule has 0 aliphatic heterocycles. The Morgan fingerprint density at radius 3 is 2.75 bits per heavy atom. The molecule has 36 heavy (non-hydrogen) atoms. The number of hydrogen-bond donors (Lipinski definition) is 0. The number of hydrogen-bond acceptors (Lipinski definition) is 6. The molecule has 184 valence electrons. The number of terminal acetylenes is 1. The summed E-state index contributed by atoms with van der Waals surface area (Å²) in [6.45, 7) is 2.66. The number of halogens is 1. The Bertz CT molecular complexity index is 1690. The zero-order valence-electron chi connectivity index (χ0n) is 19.9. The average molecular weight is 615 g/mol. The van der Waals surface area contributed by atoms with Crippen molar-refractivity contribution in [3.05, 3.63) is 58.4 Å². The summed E-state index contributed by atoms with van der Waals surface area (Å²) in [7, 11) is 3.56. The number of nitrogens with zero attached hydrogens (tertiary/aromatic N) is 7. The first-order chi connectivity index (χ1) is 17.4. The van der Waals surface area contributed by atoms with Crippen LogP contribution in [0, 0.1) is 19.3 Å². The van der Waals surface area contributed by atoms with E-state index < -0.39 is 0 Å². The maximum absolute atomic E-state index is 12.4. The van der Waals surface area contributed by atoms with Gasteiger partial charge in [-0.15, -0.1) is 11.5 Å². The van der Waals surface area contributed by atoms with E-state index in [1.165, 1.54) is 4.57 Å². The fraction of sp³-hybridized carbons (Fsp3) is 0.250. The normalized spacial score (nSPS) is 11.6. The van der Waals surface area contributed by atoms with E-state index in [2.05, 4.69) is 43.3 Å². The second-order valence-corrected chi connectivity index (χ2v) is 10.2. The van der Waals surface area contributed by atoms with Crippen LogP contribution in [0.1, 0.15) is 17.7 Å². The van der Waals surface area contributed by atoms with Crippen LogP contribution in [-0.4, -0.2) is 46.7 Å². The largest absolute Gasteiger partial charge is 0.477 e. The van der Waals surface area contributed by atoms with Gasteiger partial charge in [-0.25, -0.2) is 13.6 Å². The highest BCUT2D eigenvalue weighted by Gasteiger charge is 2.17. The molecule has 5 rings (SSSR count). The Hall–Kier alpha value is -3.36. The minimum absolute atomic E-state index is 0.112. The molecule has 0 aliphatic carbocycles. The van der Waals surface area contributed by atoms with Gasteiger partial charge < -0.3 is 14.0 Å². The monoisotopic (exact) mass is 615 g/mol. The van der Waals surface area contributed by atoms with Gasteiger partial charge >= 0.3 is 0 Å². The van der Waals surface area contributed by atoms with E-state index in [0.717, 1.165) is 27.6 Å². The van der Waals surface area contributed by atoms with E-state index >= 15 is 0 Å². The van der Waals surface area contributed by atoms with Gasteiger partial charge in [-0.2, -0.15) is 10.2 Å². The third-order valence-electron chi connectivity index (χ3n) is 5.92. The number of aromatic nitrogens is 7. The number of ether oxygens (including phenoxy) is 2. The van der Waals surface area contributed by atoms with Crippen molar-refractivity contribution in [3.8, 4) is 35.2 Å². The Kier molecular flexibility index (Phi) is 6.73. The lowest BCUT2D eigenvalue weighted by atomic mass is 10.1. The molecule has 0 aliphatic rings. The van der Waals surface area contributed by atoms with Crippen molar-refractivity contribution in [2.75, 3.05) is 13.2 Å². The highest BCUT2D eigenvalue weighted by molar-refractivity contribution is 14.2. The van der Waals surface area contributed by atoms with Gasteiger partial charge in [-0.05, 0) is 52.6 Å². The molecule has 4 heterocycles. The number of rotatable bonds is 8. The van der Waals surface area contributed by atoms with Gasteiger partial charge in [0.05, 0.1) is 36.9 Å². The average Bonchev–Trinajstić information content (AvgIpc) is 3.54. The fourth-order valence-electron chi connectivity index (χ4n) is 4.05. The van der Waals surface area contributed by atoms with Gasteiger partial charge in [0.25, 0.3) is 5.56 Å². The quantitative estimate of drug-likeness (QED) is 0.114. The molecule has 0 saturated carbocycles. The maximum atomic E-state index is 12.4. The van der Waals surface area contributed by atoms with Gasteiger partial charge in [0.1, 0.15) is 11.2 Å². The van der Waals surface area contributed by atoms with Gasteiger partial charge in [0.2, 0.25) is 11.8 Å². The molecular formula is C24H23IN7O3P. The molecule has 0 amide bonds. The smallest absolute Gasteiger partial charge is 0.276 e. The predicted octanol–water partition coefficient (Wildman–Crippen LogP) is 3.71. The van der Waals surface area contributed by atoms with E-state index in [0.29, 0.717) is 49.0 Å². The molecule has 0 radical (unpaired) electrons. The third kappa shape index (κ3) is 4.24. The topological polar surface area (TPSA) is 93.4 Å². The second-order valence-electron chi connectivity index (χ2n) is 8.20. The minimum Gasteiger partial charge on any atom is -0.477 e. The van der Waals surface area contributed by atoms with Crippen molar-refractivity contribution in [2.24, 2.45) is 14.1 Å². The lowest BCUT2D eigenvalue weighted by molar-refractivity contribution is 0.231. The summed E-state index contributed by atoms with van der Waals surface area (Å²) < 4.78 is 18.7. The van der Waals surface area contributed by atoms with Gasteiger partial charge in [-0.1, -0.05) is 6.07 Å². The Morgan fingerprint density at radius 2 is 1.97 bits per heavy atom. The molecule has 5 aromatic rings. The van der Waals surface area contributed by atoms with Crippen LogP contribution >= 0.6 is 28.4 Å². The summed E-state index contributed by atoms with van der Waals surface area (Å²) in [6, 6.07) is 6.09. The predicted molar refractivity (Wildman–Crippen MR) is 148 cm³/mol. The van der Waals surface area contributed by atoms with Gasteiger partial charge in [0, 0.05) is 43.9 Å². The number of benzene rings is 1. The van der Waals surface area contributed by atoms with Crippen molar-refractivity contribution >= 4 is 44.8 Å². The molecule has 0 spiro atoms. The zero-order valence-corrected chi connectivity index (χ0v) is 23.1. The van der Waals surface area contributed by atoms with Crippen LogP contribution in [0.4, 0.5) is 0 Å². The molecule has 1 aromatic carbocycles. The lowest BCUT2D eigenvalue weighted by Gasteiger charge is -2.10. The first-order valence-corrected chi connectivity index (χ1v) is 15.2. The zero-order chi connectivity index (χ0) is 25.4. The molecule has 1 atom stereocenters. The van der Waals surface area contributed by atoms with Gasteiger partial charge in [-0.3, -0.25) is 4.79 Å². The summed E-state index contributed by atoms with van der Waals surface area (Å²) in [5.41, 5.74) is 4.58. The van der Waals surface area contributed by atoms with Gasteiger partial charge in [0.15, 0.2) is 0 Å². The van der Waals surface area contributed by atoms with Crippen LogP contribution in [0.3, 0.4) is 0 Å². The molecule has 0 bridgehead atoms. The highest BCUT2D eigenvalue weighted by Crippen LogP contribution is 2.35. The Balaban J connectivity index is 1.28. The molecular weight excluding hydrogens is 592 g/mol. The summed E-state index contributed by atoms with van der Waals surface area (Å²) in [6.07, 6.45) is 12.0. The van der Waals surface area contributed by atoms with Crippen molar-refractivity contribution in [1.29, 1.82) is 0 Å². The summed E-state index contributed by atoms with van der Waals surface area (Å²) >= 11 is 2.29. The Morgan fingerprint density at radius 1 is 1.17 bits per heavy atom. The first-order valence-electron chi connectivity index (χ1n) is 11.1. The highest BCUT2D eigenvalue weighted by atomic mass is 127. The minimum atomic E-state index is -0.112. The first kappa shape index (κ1) is 24.3. The second kappa shape index (κ2) is 9.95. The molecule has 0 N–H and O–H groups in total. The van der Waals surface area contributed by atoms with Crippen LogP contribution in [0.25, 0.3) is 27.5 Å². The number of aryl methyl sites for hydroxylation is 3. The van der Waals surface area contributed by atoms with Crippen LogP contribution in [-0.2, 0) is 14.1 Å². The number of fused-ring (bicyclic) bond motifs is 2. The SMILES string of the molecule is C#Cc1nn(PI)c2ccc(-c3cnn(C)c3OCCCOc3nn4ccn(C)c(=O)c4c3C)cc12. The Labute approximate surface area is 221 Å². The van der Waals surface area contributed by atoms with E-state index in [-0.39, 0.29) is 5.56 Å². The van der Waals surface area contributed by atoms with E-state index in [1.54, 1.807) is 34.8 Å². The molecule has 10 nitrogen and oxygen atoms in total. The van der Waals surface area contributed by atoms with Crippen LogP contribution in [0.2, 0.25) is 0 Å². The van der Waals surface area contributed by atoms with Crippen molar-refractivity contribution in [1.82, 2.24) is 33.5 Å². The van der Waals surface area contributed by atoms with Crippen molar-refractivity contribution in [2.45, 2.75) is 13.3 Å². The van der Waals surface area contributed by atoms with E-state index in [1.807, 2.05) is 36.6 Å². The van der Waals surface area contributed by atoms with Crippen molar-refractivity contribution < 1.29 is 9.47 Å². The lowest BCUT2D eigenvalue weighted by Crippen LogP contribution is -2.18. The van der Waals surface area contributed by atoms with Crippen LogP contribution in [0.5, 0.6) is 11.8 Å². The summed E-state index contributed by atoms with van der Waals surface area (Å²) in [5.74, 6) is 3.79. The molecule has 12 heteroatoms. The third-order valence-corrected chi connectivity index (χ3v) is 7.79. The standard InChI is InChI=1S/C24H23IN7O3P/c1-5-19-17-13-16(7-8-20(17)32(27-19)36-25)18-14-26-30(4)24(18)35-12-6-11-34-22-15(2)21-23(33)29(3)9-10-31(21)28-22/h1,7-10,13-14,36H,6,11-12H2,2-4H3. The molecule has 0 saturated heterocycles. The van der Waals surface area contributed by atoms with E-state index in [9.17, 15) is 4.79 Å². The van der Waals surface area contributed by atoms with Crippen molar-refractivity contribution in [3.63, 3.8) is 0 Å². The summed E-state index contributed by atoms with van der Waals surface area (Å²) in [4.78, 5) is 12.4. The van der Waals surface area contributed by atoms with Crippen LogP contribution in [0.15, 0.2) is 41.6 Å². The maximum Gasteiger partial charge on any atom is 0.276 e. The molecule has 1 unspecified atom stereocenters. The summed E-state index contributed by atoms with van der Waals surface area (Å²) in [5, 5.41) is 14.2. The van der Waals surface area contributed by atoms with E-state index in [4.69, 9.17) is 15.9 Å². The molecule has 4 aromatic heterocycles. The van der Waals surface area contributed by atoms with Crippen LogP contribution < -0.4 is 15.0 Å².